The summed E-state index contributed by atoms with van der Waals surface area (Å²) < 4.78 is 5.41. The van der Waals surface area contributed by atoms with Crippen LogP contribution in [-0.2, 0) is 5.41 Å². The molecule has 2 N–H and O–H groups in total. The van der Waals surface area contributed by atoms with Crippen molar-refractivity contribution in [2.45, 2.75) is 26.2 Å². The highest BCUT2D eigenvalue weighted by atomic mass is 16.5. The predicted octanol–water partition coefficient (Wildman–Crippen LogP) is 3.45. The summed E-state index contributed by atoms with van der Waals surface area (Å²) in [4.78, 5) is 9.20. The van der Waals surface area contributed by atoms with Gasteiger partial charge in [-0.05, 0) is 23.8 Å². The van der Waals surface area contributed by atoms with Gasteiger partial charge < -0.3 is 14.8 Å². The minimum absolute atomic E-state index is 0.0846. The average Bonchev–Trinajstić information content (AvgIpc) is 3.23. The summed E-state index contributed by atoms with van der Waals surface area (Å²) in [6, 6.07) is 7.81. The van der Waals surface area contributed by atoms with Gasteiger partial charge in [-0.1, -0.05) is 25.9 Å². The van der Waals surface area contributed by atoms with Crippen LogP contribution in [0.4, 0.5) is 11.6 Å². The van der Waals surface area contributed by atoms with E-state index in [2.05, 4.69) is 58.9 Å². The Morgan fingerprint density at radius 1 is 1.15 bits per heavy atom. The third-order valence-corrected chi connectivity index (χ3v) is 4.28. The van der Waals surface area contributed by atoms with E-state index in [0.717, 1.165) is 28.9 Å². The second kappa shape index (κ2) is 6.10. The summed E-state index contributed by atoms with van der Waals surface area (Å²) in [6.45, 7) is 7.05. The minimum Gasteiger partial charge on any atom is -0.359 e. The van der Waals surface area contributed by atoms with Crippen LogP contribution >= 0.6 is 0 Å². The summed E-state index contributed by atoms with van der Waals surface area (Å²) in [5.74, 6) is 2.19. The van der Waals surface area contributed by atoms with Crippen LogP contribution in [0.1, 0.15) is 32.1 Å². The SMILES string of the molecule is CN1C=C(c2cnc3ccc(Nc4cc(C(C)(C)C)on4)nc3c2)CN1. The van der Waals surface area contributed by atoms with E-state index in [4.69, 9.17) is 4.52 Å². The normalized spacial score (nSPS) is 14.8. The highest BCUT2D eigenvalue weighted by molar-refractivity contribution is 5.81. The topological polar surface area (TPSA) is 79.1 Å². The van der Waals surface area contributed by atoms with E-state index in [-0.39, 0.29) is 5.41 Å². The standard InChI is InChI=1S/C19H22N6O/c1-19(2,3)16-8-18(24-26-16)23-17-6-5-14-15(22-17)7-12(9-20-14)13-10-21-25(4)11-13/h5-9,11,21H,10H2,1-4H3,(H,22,23,24). The van der Waals surface area contributed by atoms with E-state index in [1.54, 1.807) is 0 Å². The van der Waals surface area contributed by atoms with Crippen LogP contribution < -0.4 is 10.7 Å². The molecule has 0 saturated carbocycles. The summed E-state index contributed by atoms with van der Waals surface area (Å²) in [5, 5.41) is 9.23. The number of pyridine rings is 2. The highest BCUT2D eigenvalue weighted by Crippen LogP contribution is 2.26. The fourth-order valence-corrected chi connectivity index (χ4v) is 2.78. The second-order valence-corrected chi connectivity index (χ2v) is 7.51. The van der Waals surface area contributed by atoms with E-state index in [1.807, 2.05) is 36.5 Å². The number of nitrogens with one attached hydrogen (secondary N) is 2. The van der Waals surface area contributed by atoms with Gasteiger partial charge in [-0.15, -0.1) is 0 Å². The maximum absolute atomic E-state index is 5.41. The van der Waals surface area contributed by atoms with E-state index in [1.165, 1.54) is 5.57 Å². The van der Waals surface area contributed by atoms with Crippen molar-refractivity contribution in [2.75, 3.05) is 18.9 Å². The molecule has 0 atom stereocenters. The molecule has 3 aromatic heterocycles. The molecule has 0 saturated heterocycles. The molecule has 1 aliphatic rings. The molecule has 1 aliphatic heterocycles. The van der Waals surface area contributed by atoms with E-state index >= 15 is 0 Å². The molecular formula is C19H22N6O. The first-order valence-electron chi connectivity index (χ1n) is 8.57. The molecule has 0 radical (unpaired) electrons. The smallest absolute Gasteiger partial charge is 0.175 e. The van der Waals surface area contributed by atoms with Crippen LogP contribution in [0.3, 0.4) is 0 Å². The van der Waals surface area contributed by atoms with Crippen LogP contribution in [0.15, 0.2) is 41.2 Å². The molecule has 0 aliphatic carbocycles. The molecule has 4 heterocycles. The number of rotatable bonds is 3. The molecule has 3 aromatic rings. The molecule has 7 nitrogen and oxygen atoms in total. The third kappa shape index (κ3) is 3.25. The van der Waals surface area contributed by atoms with Gasteiger partial charge in [0.1, 0.15) is 11.6 Å². The Kier molecular flexibility index (Phi) is 3.88. The molecule has 4 rings (SSSR count). The molecule has 26 heavy (non-hydrogen) atoms. The number of nitrogens with zero attached hydrogens (tertiary/aromatic N) is 4. The molecule has 0 bridgehead atoms. The monoisotopic (exact) mass is 350 g/mol. The molecular weight excluding hydrogens is 328 g/mol. The number of aromatic nitrogens is 3. The summed E-state index contributed by atoms with van der Waals surface area (Å²) >= 11 is 0. The first-order chi connectivity index (χ1) is 12.4. The number of fused-ring (bicyclic) bond motifs is 1. The first-order valence-corrected chi connectivity index (χ1v) is 8.57. The van der Waals surface area contributed by atoms with Crippen molar-refractivity contribution in [3.63, 3.8) is 0 Å². The number of hydrogen-bond acceptors (Lipinski definition) is 7. The number of hydrazine groups is 1. The molecule has 7 heteroatoms. The molecule has 0 amide bonds. The van der Waals surface area contributed by atoms with Crippen molar-refractivity contribution in [1.29, 1.82) is 0 Å². The largest absolute Gasteiger partial charge is 0.359 e. The van der Waals surface area contributed by atoms with Crippen molar-refractivity contribution < 1.29 is 4.52 Å². The van der Waals surface area contributed by atoms with Crippen molar-refractivity contribution in [2.24, 2.45) is 0 Å². The fourth-order valence-electron chi connectivity index (χ4n) is 2.78. The quantitative estimate of drug-likeness (QED) is 0.749. The molecule has 0 spiro atoms. The van der Waals surface area contributed by atoms with Gasteiger partial charge in [0.15, 0.2) is 5.82 Å². The predicted molar refractivity (Wildman–Crippen MR) is 102 cm³/mol. The molecule has 0 fully saturated rings. The number of hydrogen-bond donors (Lipinski definition) is 2. The van der Waals surface area contributed by atoms with Crippen molar-refractivity contribution in [3.8, 4) is 0 Å². The van der Waals surface area contributed by atoms with Crippen LogP contribution in [-0.4, -0.2) is 33.7 Å². The minimum atomic E-state index is -0.0846. The lowest BCUT2D eigenvalue weighted by molar-refractivity contribution is 0.331. The Morgan fingerprint density at radius 3 is 2.69 bits per heavy atom. The molecule has 0 unspecified atom stereocenters. The third-order valence-electron chi connectivity index (χ3n) is 4.28. The van der Waals surface area contributed by atoms with Crippen LogP contribution in [0.25, 0.3) is 16.6 Å². The Balaban J connectivity index is 1.62. The second-order valence-electron chi connectivity index (χ2n) is 7.51. The lowest BCUT2D eigenvalue weighted by atomic mass is 9.93. The summed E-state index contributed by atoms with van der Waals surface area (Å²) in [5.41, 5.74) is 7.10. The summed E-state index contributed by atoms with van der Waals surface area (Å²) in [7, 11) is 1.98. The zero-order chi connectivity index (χ0) is 18.3. The Labute approximate surface area is 152 Å². The molecule has 0 aromatic carbocycles. The van der Waals surface area contributed by atoms with Gasteiger partial charge in [-0.2, -0.15) is 0 Å². The van der Waals surface area contributed by atoms with Crippen LogP contribution in [0.5, 0.6) is 0 Å². The van der Waals surface area contributed by atoms with Gasteiger partial charge >= 0.3 is 0 Å². The van der Waals surface area contributed by atoms with Crippen LogP contribution in [0, 0.1) is 0 Å². The molecule has 134 valence electrons. The van der Waals surface area contributed by atoms with Gasteiger partial charge in [0, 0.05) is 43.0 Å². The Hall–Kier alpha value is -2.93. The zero-order valence-electron chi connectivity index (χ0n) is 15.4. The van der Waals surface area contributed by atoms with E-state index in [0.29, 0.717) is 11.6 Å². The Bertz CT molecular complexity index is 985. The Morgan fingerprint density at radius 2 is 2.00 bits per heavy atom. The van der Waals surface area contributed by atoms with Gasteiger partial charge in [-0.25, -0.2) is 10.4 Å². The first kappa shape index (κ1) is 16.5. The van der Waals surface area contributed by atoms with Crippen molar-refractivity contribution >= 4 is 28.2 Å². The highest BCUT2D eigenvalue weighted by Gasteiger charge is 2.20. The van der Waals surface area contributed by atoms with Gasteiger partial charge in [0.05, 0.1) is 11.0 Å². The zero-order valence-corrected chi connectivity index (χ0v) is 15.4. The maximum Gasteiger partial charge on any atom is 0.175 e. The van der Waals surface area contributed by atoms with E-state index in [9.17, 15) is 0 Å². The van der Waals surface area contributed by atoms with Crippen LogP contribution in [0.2, 0.25) is 0 Å². The van der Waals surface area contributed by atoms with Crippen molar-refractivity contribution in [3.05, 3.63) is 48.0 Å². The van der Waals surface area contributed by atoms with Gasteiger partial charge in [0.2, 0.25) is 0 Å². The fraction of sp³-hybridized carbons (Fsp3) is 0.316. The average molecular weight is 350 g/mol. The number of anilines is 2. The lowest BCUT2D eigenvalue weighted by Gasteiger charge is -2.12. The lowest BCUT2D eigenvalue weighted by Crippen LogP contribution is -2.23. The van der Waals surface area contributed by atoms with Gasteiger partial charge in [0.25, 0.3) is 0 Å². The van der Waals surface area contributed by atoms with Crippen molar-refractivity contribution in [1.82, 2.24) is 25.6 Å². The summed E-state index contributed by atoms with van der Waals surface area (Å²) in [6.07, 6.45) is 3.95. The maximum atomic E-state index is 5.41. The van der Waals surface area contributed by atoms with Gasteiger partial charge in [-0.3, -0.25) is 4.98 Å². The van der Waals surface area contributed by atoms with E-state index < -0.39 is 0 Å².